The fraction of sp³-hybridized carbons (Fsp3) is 0.444. The molecule has 0 fully saturated rings. The molecule has 0 atom stereocenters. The van der Waals surface area contributed by atoms with E-state index in [-0.39, 0.29) is 0 Å². The Kier molecular flexibility index (Phi) is 39.3. The van der Waals surface area contributed by atoms with E-state index >= 15 is 0 Å². The molecule has 0 aliphatic rings. The lowest BCUT2D eigenvalue weighted by molar-refractivity contribution is 0.907. The summed E-state index contributed by atoms with van der Waals surface area (Å²) in [6.45, 7) is 23.6. The van der Waals surface area contributed by atoms with Crippen molar-refractivity contribution in [2.45, 2.75) is 83.1 Å². The maximum Gasteiger partial charge on any atom is 0.147 e. The highest BCUT2D eigenvalue weighted by molar-refractivity contribution is 5.11. The molecule has 0 spiro atoms. The van der Waals surface area contributed by atoms with Gasteiger partial charge in [-0.05, 0) is 27.7 Å². The van der Waals surface area contributed by atoms with Crippen molar-refractivity contribution < 1.29 is 0 Å². The Morgan fingerprint density at radius 2 is 1.06 bits per heavy atom. The maximum absolute atomic E-state index is 3.81. The Hall–Kier alpha value is -3.75. The van der Waals surface area contributed by atoms with E-state index in [0.717, 1.165) is 11.5 Å². The standard InChI is InChI=1S/C7H8.3C4H5N3.4C2H6/c1-7-5-3-2-4-6-7;1-4-6-2-5-3-7-4;1-4-2-6-7-3-5-4;1-4-5-2-3-6-7-4;4*1-2/h2-6H,1H3;3*2-3H,1H3;4*1-2H3. The van der Waals surface area contributed by atoms with E-state index in [9.17, 15) is 0 Å². The molecule has 4 aromatic rings. The summed E-state index contributed by atoms with van der Waals surface area (Å²) in [5.41, 5.74) is 2.22. The molecule has 3 heterocycles. The fourth-order valence-corrected chi connectivity index (χ4v) is 1.44. The van der Waals surface area contributed by atoms with Crippen LogP contribution in [-0.2, 0) is 0 Å². The minimum absolute atomic E-state index is 0.711. The van der Waals surface area contributed by atoms with Crippen molar-refractivity contribution in [3.05, 3.63) is 90.8 Å². The number of benzene rings is 1. The maximum atomic E-state index is 3.81. The normalized spacial score (nSPS) is 7.44. The highest BCUT2D eigenvalue weighted by atomic mass is 15.1. The highest BCUT2D eigenvalue weighted by Crippen LogP contribution is 1.92. The van der Waals surface area contributed by atoms with E-state index in [0.29, 0.717) is 5.82 Å². The van der Waals surface area contributed by atoms with E-state index in [1.165, 1.54) is 24.5 Å². The lowest BCUT2D eigenvalue weighted by Crippen LogP contribution is -1.85. The number of aromatic nitrogens is 9. The molecular weight excluding hydrogens is 450 g/mol. The summed E-state index contributed by atoms with van der Waals surface area (Å²) in [5.74, 6) is 1.47. The van der Waals surface area contributed by atoms with Crippen LogP contribution in [0.5, 0.6) is 0 Å². The molecule has 200 valence electrons. The van der Waals surface area contributed by atoms with Gasteiger partial charge in [-0.1, -0.05) is 91.3 Å². The molecule has 4 rings (SSSR count). The van der Waals surface area contributed by atoms with Crippen LogP contribution in [0.2, 0.25) is 0 Å². The minimum Gasteiger partial charge on any atom is -0.238 e. The first-order valence-corrected chi connectivity index (χ1v) is 12.4. The predicted molar refractivity (Wildman–Crippen MR) is 150 cm³/mol. The topological polar surface area (TPSA) is 116 Å². The van der Waals surface area contributed by atoms with Crippen molar-refractivity contribution in [3.8, 4) is 0 Å². The molecule has 0 radical (unpaired) electrons. The summed E-state index contributed by atoms with van der Waals surface area (Å²) in [6, 6.07) is 10.3. The molecule has 0 N–H and O–H groups in total. The SMILES string of the molecule is CC.CC.CC.CC.Cc1ccccc1.Cc1cnncn1.Cc1nccnn1.Cc1ncncn1. The predicted octanol–water partition coefficient (Wildman–Crippen LogP) is 6.64. The Bertz CT molecular complexity index is 699. The van der Waals surface area contributed by atoms with E-state index in [2.05, 4.69) is 64.4 Å². The molecule has 1 aromatic carbocycles. The second-order valence-electron chi connectivity index (χ2n) is 5.28. The first-order chi connectivity index (χ1) is 17.6. The average molecular weight is 498 g/mol. The van der Waals surface area contributed by atoms with Crippen molar-refractivity contribution >= 4 is 0 Å². The van der Waals surface area contributed by atoms with Gasteiger partial charge in [0.25, 0.3) is 0 Å². The lowest BCUT2D eigenvalue weighted by atomic mass is 10.2. The van der Waals surface area contributed by atoms with Crippen LogP contribution in [-0.4, -0.2) is 45.3 Å². The highest BCUT2D eigenvalue weighted by Gasteiger charge is 1.77. The lowest BCUT2D eigenvalue weighted by Gasteiger charge is -1.82. The summed E-state index contributed by atoms with van der Waals surface area (Å²) in [4.78, 5) is 18.7. The van der Waals surface area contributed by atoms with Crippen molar-refractivity contribution in [1.82, 2.24) is 45.3 Å². The molecule has 0 unspecified atom stereocenters. The van der Waals surface area contributed by atoms with Gasteiger partial charge in [-0.2, -0.15) is 10.2 Å². The number of nitrogens with zero attached hydrogens (tertiary/aromatic N) is 9. The molecule has 9 heteroatoms. The molecule has 0 bridgehead atoms. The summed E-state index contributed by atoms with van der Waals surface area (Å²) in [7, 11) is 0. The van der Waals surface area contributed by atoms with E-state index in [1.54, 1.807) is 25.5 Å². The van der Waals surface area contributed by atoms with Gasteiger partial charge in [0.2, 0.25) is 0 Å². The molecule has 0 aliphatic heterocycles. The van der Waals surface area contributed by atoms with E-state index in [4.69, 9.17) is 0 Å². The zero-order valence-corrected chi connectivity index (χ0v) is 24.4. The van der Waals surface area contributed by atoms with Gasteiger partial charge in [0.05, 0.1) is 18.1 Å². The molecule has 0 saturated heterocycles. The van der Waals surface area contributed by atoms with Gasteiger partial charge < -0.3 is 0 Å². The van der Waals surface area contributed by atoms with Crippen LogP contribution < -0.4 is 0 Å². The summed E-state index contributed by atoms with van der Waals surface area (Å²) in [5, 5.41) is 14.2. The van der Waals surface area contributed by atoms with Crippen LogP contribution in [0.1, 0.15) is 78.3 Å². The second-order valence-corrected chi connectivity index (χ2v) is 5.28. The van der Waals surface area contributed by atoms with Gasteiger partial charge in [-0.25, -0.2) is 24.9 Å². The van der Waals surface area contributed by atoms with E-state index in [1.807, 2.05) is 87.4 Å². The van der Waals surface area contributed by atoms with Gasteiger partial charge in [0.1, 0.15) is 30.6 Å². The first kappa shape index (κ1) is 39.5. The number of rotatable bonds is 0. The molecular formula is C27H47N9. The molecule has 0 amide bonds. The van der Waals surface area contributed by atoms with Gasteiger partial charge in [-0.15, -0.1) is 10.2 Å². The van der Waals surface area contributed by atoms with Crippen LogP contribution in [0, 0.1) is 27.7 Å². The van der Waals surface area contributed by atoms with Gasteiger partial charge in [-0.3, -0.25) is 0 Å². The van der Waals surface area contributed by atoms with Crippen LogP contribution in [0.15, 0.2) is 67.9 Å². The summed E-state index contributed by atoms with van der Waals surface area (Å²) in [6.07, 6.45) is 9.15. The quantitative estimate of drug-likeness (QED) is 0.263. The van der Waals surface area contributed by atoms with Crippen molar-refractivity contribution in [2.24, 2.45) is 0 Å². The number of hydrogen-bond donors (Lipinski definition) is 0. The monoisotopic (exact) mass is 497 g/mol. The largest absolute Gasteiger partial charge is 0.238 e. The second kappa shape index (κ2) is 35.8. The molecule has 0 saturated carbocycles. The third-order valence-electron chi connectivity index (χ3n) is 2.78. The van der Waals surface area contributed by atoms with Gasteiger partial charge >= 0.3 is 0 Å². The molecule has 3 aromatic heterocycles. The molecule has 36 heavy (non-hydrogen) atoms. The summed E-state index contributed by atoms with van der Waals surface area (Å²) >= 11 is 0. The van der Waals surface area contributed by atoms with Crippen LogP contribution in [0.25, 0.3) is 0 Å². The Balaban J connectivity index is -0.000000173. The smallest absolute Gasteiger partial charge is 0.147 e. The third kappa shape index (κ3) is 32.4. The Morgan fingerprint density at radius 3 is 1.28 bits per heavy atom. The van der Waals surface area contributed by atoms with Crippen molar-refractivity contribution in [3.63, 3.8) is 0 Å². The molecule has 0 aliphatic carbocycles. The van der Waals surface area contributed by atoms with E-state index < -0.39 is 0 Å². The van der Waals surface area contributed by atoms with Crippen molar-refractivity contribution in [1.29, 1.82) is 0 Å². The van der Waals surface area contributed by atoms with Gasteiger partial charge in [0.15, 0.2) is 0 Å². The fourth-order valence-electron chi connectivity index (χ4n) is 1.44. The van der Waals surface area contributed by atoms with Crippen LogP contribution >= 0.6 is 0 Å². The Labute approximate surface area is 219 Å². The minimum atomic E-state index is 0.711. The third-order valence-corrected chi connectivity index (χ3v) is 2.78. The number of hydrogen-bond acceptors (Lipinski definition) is 9. The van der Waals surface area contributed by atoms with Gasteiger partial charge in [0, 0.05) is 6.20 Å². The zero-order valence-electron chi connectivity index (χ0n) is 24.4. The average Bonchev–Trinajstić information content (AvgIpc) is 2.96. The zero-order chi connectivity index (χ0) is 28.5. The van der Waals surface area contributed by atoms with Crippen LogP contribution in [0.3, 0.4) is 0 Å². The molecule has 9 nitrogen and oxygen atoms in total. The summed E-state index contributed by atoms with van der Waals surface area (Å²) < 4.78 is 0. The van der Waals surface area contributed by atoms with Crippen LogP contribution in [0.4, 0.5) is 0 Å². The Morgan fingerprint density at radius 1 is 0.500 bits per heavy atom. The van der Waals surface area contributed by atoms with Crippen molar-refractivity contribution in [2.75, 3.05) is 0 Å². The number of aryl methyl sites for hydroxylation is 4. The first-order valence-electron chi connectivity index (χ1n) is 12.4.